The number of amides is 3. The van der Waals surface area contributed by atoms with Crippen molar-refractivity contribution >= 4 is 34.7 Å². The molecular weight excluding hydrogens is 388 g/mol. The molecule has 1 saturated heterocycles. The van der Waals surface area contributed by atoms with Gasteiger partial charge in [-0.2, -0.15) is 0 Å². The minimum Gasteiger partial charge on any atom is -0.494 e. The van der Waals surface area contributed by atoms with Crippen LogP contribution in [-0.4, -0.2) is 40.8 Å². The lowest BCUT2D eigenvalue weighted by atomic mass is 9.95. The number of nitrogens with zero attached hydrogens (tertiary/aromatic N) is 2. The molecule has 1 aliphatic rings. The van der Waals surface area contributed by atoms with Crippen LogP contribution in [-0.2, 0) is 9.59 Å². The highest BCUT2D eigenvalue weighted by Gasteiger charge is 2.48. The van der Waals surface area contributed by atoms with E-state index in [-0.39, 0.29) is 24.1 Å². The van der Waals surface area contributed by atoms with Gasteiger partial charge < -0.3 is 9.64 Å². The van der Waals surface area contributed by atoms with Crippen molar-refractivity contribution in [1.29, 1.82) is 0 Å². The monoisotopic (exact) mass is 414 g/mol. The first-order chi connectivity index (χ1) is 13.8. The molecule has 6 nitrogen and oxygen atoms in total. The van der Waals surface area contributed by atoms with Gasteiger partial charge in [-0.15, -0.1) is 11.3 Å². The molecule has 0 aliphatic carbocycles. The number of hydrogen-bond acceptors (Lipinski definition) is 5. The smallest absolute Gasteiger partial charge is 0.265 e. The highest BCUT2D eigenvalue weighted by molar-refractivity contribution is 7.12. The Morgan fingerprint density at radius 3 is 2.45 bits per heavy atom. The first kappa shape index (κ1) is 21.0. The number of imide groups is 1. The summed E-state index contributed by atoms with van der Waals surface area (Å²) in [5.74, 6) is -0.217. The second kappa shape index (κ2) is 8.37. The molecule has 2 heterocycles. The van der Waals surface area contributed by atoms with Crippen LogP contribution in [0.3, 0.4) is 0 Å². The molecule has 2 aromatic rings. The van der Waals surface area contributed by atoms with E-state index in [9.17, 15) is 14.4 Å². The largest absolute Gasteiger partial charge is 0.494 e. The average Bonchev–Trinajstić information content (AvgIpc) is 3.32. The predicted molar refractivity (Wildman–Crippen MR) is 113 cm³/mol. The number of anilines is 1. The molecule has 0 saturated carbocycles. The number of carbonyl (C=O) groups excluding carboxylic acids is 3. The fourth-order valence-corrected chi connectivity index (χ4v) is 4.13. The second-order valence-electron chi connectivity index (χ2n) is 7.53. The van der Waals surface area contributed by atoms with Gasteiger partial charge in [-0.1, -0.05) is 13.0 Å². The van der Waals surface area contributed by atoms with E-state index >= 15 is 0 Å². The van der Waals surface area contributed by atoms with Crippen LogP contribution in [0, 0.1) is 0 Å². The second-order valence-corrected chi connectivity index (χ2v) is 8.48. The van der Waals surface area contributed by atoms with Gasteiger partial charge in [-0.25, -0.2) is 4.90 Å². The lowest BCUT2D eigenvalue weighted by Crippen LogP contribution is -2.55. The first-order valence-electron chi connectivity index (χ1n) is 9.77. The topological polar surface area (TPSA) is 66.9 Å². The standard InChI is InChI=1S/C22H26N2O4S/c1-5-22(3,4)24(21(27)18-8-7-13-29-18)17-14-19(25)23(20(17)26)15-9-11-16(12-10-15)28-6-2/h7-13,17H,5-6,14H2,1-4H3. The molecule has 154 valence electrons. The van der Waals surface area contributed by atoms with Crippen molar-refractivity contribution in [3.63, 3.8) is 0 Å². The van der Waals surface area contributed by atoms with Gasteiger partial charge in [-0.05, 0) is 62.9 Å². The molecule has 7 heteroatoms. The van der Waals surface area contributed by atoms with Crippen molar-refractivity contribution in [2.45, 2.75) is 52.1 Å². The average molecular weight is 415 g/mol. The van der Waals surface area contributed by atoms with Gasteiger partial charge in [0, 0.05) is 5.54 Å². The molecule has 0 spiro atoms. The van der Waals surface area contributed by atoms with E-state index in [1.807, 2.05) is 39.1 Å². The maximum atomic E-state index is 13.3. The van der Waals surface area contributed by atoms with Gasteiger partial charge in [0.05, 0.1) is 23.6 Å². The van der Waals surface area contributed by atoms with Gasteiger partial charge in [0.2, 0.25) is 5.91 Å². The van der Waals surface area contributed by atoms with E-state index in [0.717, 1.165) is 0 Å². The van der Waals surface area contributed by atoms with E-state index in [2.05, 4.69) is 0 Å². The van der Waals surface area contributed by atoms with E-state index in [1.54, 1.807) is 35.2 Å². The first-order valence-corrected chi connectivity index (χ1v) is 10.6. The lowest BCUT2D eigenvalue weighted by Gasteiger charge is -2.41. The minimum absolute atomic E-state index is 0.0212. The Labute approximate surface area is 175 Å². The van der Waals surface area contributed by atoms with Crippen molar-refractivity contribution < 1.29 is 19.1 Å². The summed E-state index contributed by atoms with van der Waals surface area (Å²) in [6.07, 6.45) is 0.637. The Kier molecular flexibility index (Phi) is 6.07. The molecule has 29 heavy (non-hydrogen) atoms. The molecule has 3 amide bonds. The number of carbonyl (C=O) groups is 3. The molecule has 0 N–H and O–H groups in total. The highest BCUT2D eigenvalue weighted by Crippen LogP contribution is 2.33. The molecular formula is C22H26N2O4S. The Morgan fingerprint density at radius 1 is 1.21 bits per heavy atom. The Balaban J connectivity index is 1.93. The minimum atomic E-state index is -0.821. The quantitative estimate of drug-likeness (QED) is 0.640. The number of rotatable bonds is 7. The maximum Gasteiger partial charge on any atom is 0.265 e. The highest BCUT2D eigenvalue weighted by atomic mass is 32.1. The van der Waals surface area contributed by atoms with Crippen LogP contribution in [0.1, 0.15) is 50.2 Å². The van der Waals surface area contributed by atoms with Crippen LogP contribution in [0.2, 0.25) is 0 Å². The summed E-state index contributed by atoms with van der Waals surface area (Å²) in [5, 5.41) is 1.83. The molecule has 1 atom stereocenters. The van der Waals surface area contributed by atoms with Gasteiger partial charge >= 0.3 is 0 Å². The van der Waals surface area contributed by atoms with Gasteiger partial charge in [0.1, 0.15) is 11.8 Å². The normalized spacial score (nSPS) is 17.0. The van der Waals surface area contributed by atoms with Crippen molar-refractivity contribution in [2.24, 2.45) is 0 Å². The molecule has 1 fully saturated rings. The third-order valence-corrected chi connectivity index (χ3v) is 6.17. The van der Waals surface area contributed by atoms with Crippen LogP contribution >= 0.6 is 11.3 Å². The number of benzene rings is 1. The number of thiophene rings is 1. The van der Waals surface area contributed by atoms with Crippen LogP contribution in [0.25, 0.3) is 0 Å². The Hall–Kier alpha value is -2.67. The van der Waals surface area contributed by atoms with Crippen molar-refractivity contribution in [3.05, 3.63) is 46.7 Å². The van der Waals surface area contributed by atoms with E-state index in [1.165, 1.54) is 16.2 Å². The molecule has 0 bridgehead atoms. The van der Waals surface area contributed by atoms with Gasteiger partial charge in [0.25, 0.3) is 11.8 Å². The summed E-state index contributed by atoms with van der Waals surface area (Å²) in [4.78, 5) is 42.6. The SMILES string of the molecule is CCOc1ccc(N2C(=O)CC(N(C(=O)c3cccs3)C(C)(C)CC)C2=O)cc1. The van der Waals surface area contributed by atoms with Crippen LogP contribution in [0.15, 0.2) is 41.8 Å². The number of hydrogen-bond donors (Lipinski definition) is 0. The van der Waals surface area contributed by atoms with Gasteiger partial charge in [0.15, 0.2) is 0 Å². The zero-order chi connectivity index (χ0) is 21.2. The third-order valence-electron chi connectivity index (χ3n) is 5.31. The van der Waals surface area contributed by atoms with Crippen molar-refractivity contribution in [2.75, 3.05) is 11.5 Å². The van der Waals surface area contributed by atoms with E-state index in [4.69, 9.17) is 4.74 Å². The summed E-state index contributed by atoms with van der Waals surface area (Å²) >= 11 is 1.34. The van der Waals surface area contributed by atoms with E-state index < -0.39 is 11.6 Å². The summed E-state index contributed by atoms with van der Waals surface area (Å²) in [7, 11) is 0. The van der Waals surface area contributed by atoms with E-state index in [0.29, 0.717) is 29.3 Å². The summed E-state index contributed by atoms with van der Waals surface area (Å²) in [5.41, 5.74) is -0.0833. The van der Waals surface area contributed by atoms with Crippen LogP contribution in [0.4, 0.5) is 5.69 Å². The zero-order valence-electron chi connectivity index (χ0n) is 17.2. The lowest BCUT2D eigenvalue weighted by molar-refractivity contribution is -0.123. The van der Waals surface area contributed by atoms with Gasteiger partial charge in [-0.3, -0.25) is 14.4 Å². The summed E-state index contributed by atoms with van der Waals surface area (Å²) < 4.78 is 5.43. The fraction of sp³-hybridized carbons (Fsp3) is 0.409. The molecule has 3 rings (SSSR count). The van der Waals surface area contributed by atoms with Crippen LogP contribution < -0.4 is 9.64 Å². The van der Waals surface area contributed by atoms with Crippen LogP contribution in [0.5, 0.6) is 5.75 Å². The summed E-state index contributed by atoms with van der Waals surface area (Å²) in [6.45, 7) is 8.25. The van der Waals surface area contributed by atoms with Crippen molar-refractivity contribution in [1.82, 2.24) is 4.90 Å². The predicted octanol–water partition coefficient (Wildman–Crippen LogP) is 4.11. The Bertz CT molecular complexity index is 890. The maximum absolute atomic E-state index is 13.3. The summed E-state index contributed by atoms with van der Waals surface area (Å²) in [6, 6.07) is 9.59. The molecule has 1 aromatic carbocycles. The molecule has 1 unspecified atom stereocenters. The Morgan fingerprint density at radius 2 is 1.90 bits per heavy atom. The zero-order valence-corrected chi connectivity index (χ0v) is 18.0. The third kappa shape index (κ3) is 4.05. The molecule has 1 aromatic heterocycles. The molecule has 1 aliphatic heterocycles. The van der Waals surface area contributed by atoms with Crippen molar-refractivity contribution in [3.8, 4) is 5.75 Å². The number of ether oxygens (including phenoxy) is 1. The fourth-order valence-electron chi connectivity index (χ4n) is 3.47. The molecule has 0 radical (unpaired) electrons.